The predicted octanol–water partition coefficient (Wildman–Crippen LogP) is 0.337. The summed E-state index contributed by atoms with van der Waals surface area (Å²) in [6.45, 7) is 0. The second kappa shape index (κ2) is 3.41. The minimum absolute atomic E-state index is 0.212. The van der Waals surface area contributed by atoms with Gasteiger partial charge in [-0.3, -0.25) is 9.36 Å². The molecule has 6 heteroatoms. The van der Waals surface area contributed by atoms with Gasteiger partial charge < -0.3 is 0 Å². The predicted molar refractivity (Wildman–Crippen MR) is 60.1 cm³/mol. The highest BCUT2D eigenvalue weighted by Gasteiger charge is 2.16. The lowest BCUT2D eigenvalue weighted by Crippen LogP contribution is -2.24. The maximum absolute atomic E-state index is 11.9. The Labute approximate surface area is 92.3 Å². The van der Waals surface area contributed by atoms with Gasteiger partial charge in [0.1, 0.15) is 0 Å². The fraction of sp³-hybridized carbons (Fsp3) is 0.200. The van der Waals surface area contributed by atoms with Gasteiger partial charge in [-0.15, -0.1) is 0 Å². The summed E-state index contributed by atoms with van der Waals surface area (Å²) in [4.78, 5) is 15.8. The Morgan fingerprint density at radius 2 is 1.88 bits per heavy atom. The van der Waals surface area contributed by atoms with E-state index in [1.165, 1.54) is 7.05 Å². The molecule has 16 heavy (non-hydrogen) atoms. The first-order valence-electron chi connectivity index (χ1n) is 4.57. The molecule has 0 fully saturated rings. The minimum atomic E-state index is -3.50. The van der Waals surface area contributed by atoms with Crippen LogP contribution in [0.5, 0.6) is 0 Å². The number of hydrogen-bond acceptors (Lipinski definition) is 4. The van der Waals surface area contributed by atoms with E-state index in [9.17, 15) is 13.2 Å². The van der Waals surface area contributed by atoms with Crippen molar-refractivity contribution in [2.75, 3.05) is 6.26 Å². The summed E-state index contributed by atoms with van der Waals surface area (Å²) in [7, 11) is -2.09. The number of benzene rings is 1. The Balaban J connectivity index is 3.02. The number of rotatable bonds is 1. The van der Waals surface area contributed by atoms with Gasteiger partial charge in [0.05, 0.1) is 10.9 Å². The number of fused-ring (bicyclic) bond motifs is 1. The molecule has 0 unspecified atom stereocenters. The van der Waals surface area contributed by atoms with Crippen LogP contribution in [0.1, 0.15) is 0 Å². The summed E-state index contributed by atoms with van der Waals surface area (Å²) in [5.41, 5.74) is 0.0389. The van der Waals surface area contributed by atoms with E-state index >= 15 is 0 Å². The summed E-state index contributed by atoms with van der Waals surface area (Å²) in [5.74, 6) is 0. The monoisotopic (exact) mass is 238 g/mol. The van der Waals surface area contributed by atoms with Crippen molar-refractivity contribution in [1.82, 2.24) is 9.55 Å². The number of nitrogens with zero attached hydrogens (tertiary/aromatic N) is 2. The summed E-state index contributed by atoms with van der Waals surface area (Å²) >= 11 is 0. The maximum atomic E-state index is 11.9. The van der Waals surface area contributed by atoms with Crippen LogP contribution in [0.3, 0.4) is 0 Å². The highest BCUT2D eigenvalue weighted by molar-refractivity contribution is 7.90. The first-order chi connectivity index (χ1) is 7.41. The molecule has 0 atom stereocenters. The molecule has 2 rings (SSSR count). The second-order valence-electron chi connectivity index (χ2n) is 3.55. The van der Waals surface area contributed by atoms with Crippen molar-refractivity contribution in [1.29, 1.82) is 0 Å². The van der Waals surface area contributed by atoms with Crippen LogP contribution in [0.4, 0.5) is 0 Å². The maximum Gasteiger partial charge on any atom is 0.261 e. The first kappa shape index (κ1) is 10.8. The molecule has 1 heterocycles. The number of para-hydroxylation sites is 1. The zero-order chi connectivity index (χ0) is 11.9. The van der Waals surface area contributed by atoms with Crippen LogP contribution < -0.4 is 5.56 Å². The average Bonchev–Trinajstić information content (AvgIpc) is 2.22. The molecule has 0 aliphatic carbocycles. The normalized spacial score (nSPS) is 11.9. The quantitative estimate of drug-likeness (QED) is 0.672. The van der Waals surface area contributed by atoms with Crippen molar-refractivity contribution < 1.29 is 8.42 Å². The van der Waals surface area contributed by atoms with Gasteiger partial charge in [0.25, 0.3) is 5.56 Å². The van der Waals surface area contributed by atoms with E-state index in [-0.39, 0.29) is 10.7 Å². The molecule has 0 saturated carbocycles. The zero-order valence-electron chi connectivity index (χ0n) is 8.84. The highest BCUT2D eigenvalue weighted by atomic mass is 32.2. The Hall–Kier alpha value is -1.69. The SMILES string of the molecule is Cn1c(S(C)(=O)=O)nc2ccccc2c1=O. The Morgan fingerprint density at radius 3 is 2.50 bits per heavy atom. The van der Waals surface area contributed by atoms with Crippen LogP contribution in [0.2, 0.25) is 0 Å². The van der Waals surface area contributed by atoms with Gasteiger partial charge in [-0.25, -0.2) is 13.4 Å². The summed E-state index contributed by atoms with van der Waals surface area (Å²) in [6, 6.07) is 6.66. The minimum Gasteiger partial charge on any atom is -0.286 e. The van der Waals surface area contributed by atoms with Gasteiger partial charge in [-0.1, -0.05) is 12.1 Å². The molecule has 84 valence electrons. The van der Waals surface area contributed by atoms with Crippen molar-refractivity contribution in [3.8, 4) is 0 Å². The van der Waals surface area contributed by atoms with Crippen molar-refractivity contribution in [3.05, 3.63) is 34.6 Å². The number of sulfone groups is 1. The fourth-order valence-corrected chi connectivity index (χ4v) is 2.37. The lowest BCUT2D eigenvalue weighted by Gasteiger charge is -2.06. The number of aromatic nitrogens is 2. The van der Waals surface area contributed by atoms with Gasteiger partial charge in [0, 0.05) is 13.3 Å². The van der Waals surface area contributed by atoms with Crippen molar-refractivity contribution in [2.45, 2.75) is 5.16 Å². The largest absolute Gasteiger partial charge is 0.286 e. The molecule has 0 spiro atoms. The van der Waals surface area contributed by atoms with E-state index in [4.69, 9.17) is 0 Å². The third-order valence-corrected chi connectivity index (χ3v) is 3.30. The van der Waals surface area contributed by atoms with Crippen LogP contribution in [0.25, 0.3) is 10.9 Å². The van der Waals surface area contributed by atoms with Crippen LogP contribution >= 0.6 is 0 Å². The molecule has 5 nitrogen and oxygen atoms in total. The molecule has 0 aliphatic heterocycles. The smallest absolute Gasteiger partial charge is 0.261 e. The molecule has 0 radical (unpaired) electrons. The van der Waals surface area contributed by atoms with Gasteiger partial charge in [-0.2, -0.15) is 0 Å². The second-order valence-corrected chi connectivity index (χ2v) is 5.46. The summed E-state index contributed by atoms with van der Waals surface area (Å²) in [5, 5.41) is 0.202. The molecule has 0 N–H and O–H groups in total. The molecule has 0 amide bonds. The van der Waals surface area contributed by atoms with Crippen LogP contribution in [0, 0.1) is 0 Å². The van der Waals surface area contributed by atoms with E-state index in [0.29, 0.717) is 10.9 Å². The standard InChI is InChI=1S/C10H10N2O3S/c1-12-9(13)7-5-3-4-6-8(7)11-10(12)16(2,14)15/h3-6H,1-2H3. The van der Waals surface area contributed by atoms with Crippen molar-refractivity contribution >= 4 is 20.7 Å². The average molecular weight is 238 g/mol. The Bertz CT molecular complexity index is 716. The van der Waals surface area contributed by atoms with Gasteiger partial charge in [0.15, 0.2) is 0 Å². The van der Waals surface area contributed by atoms with Crippen molar-refractivity contribution in [2.24, 2.45) is 7.05 Å². The zero-order valence-corrected chi connectivity index (χ0v) is 9.65. The molecule has 0 bridgehead atoms. The topological polar surface area (TPSA) is 69.0 Å². The van der Waals surface area contributed by atoms with Gasteiger partial charge in [0.2, 0.25) is 15.0 Å². The Morgan fingerprint density at radius 1 is 1.25 bits per heavy atom. The fourth-order valence-electron chi connectivity index (χ4n) is 1.53. The third-order valence-electron chi connectivity index (χ3n) is 2.27. The van der Waals surface area contributed by atoms with E-state index in [2.05, 4.69) is 4.98 Å². The van der Waals surface area contributed by atoms with E-state index < -0.39 is 9.84 Å². The van der Waals surface area contributed by atoms with E-state index in [1.54, 1.807) is 24.3 Å². The summed E-state index contributed by atoms with van der Waals surface area (Å²) < 4.78 is 23.9. The molecular weight excluding hydrogens is 228 g/mol. The molecule has 0 saturated heterocycles. The van der Waals surface area contributed by atoms with Crippen molar-refractivity contribution in [3.63, 3.8) is 0 Å². The van der Waals surface area contributed by atoms with Crippen LogP contribution in [-0.4, -0.2) is 24.2 Å². The highest BCUT2D eigenvalue weighted by Crippen LogP contribution is 2.10. The molecule has 0 aliphatic rings. The molecule has 2 aromatic rings. The van der Waals surface area contributed by atoms with E-state index in [0.717, 1.165) is 10.8 Å². The molecule has 1 aromatic carbocycles. The molecule has 1 aromatic heterocycles. The lowest BCUT2D eigenvalue weighted by molar-refractivity contribution is 0.578. The third kappa shape index (κ3) is 1.61. The lowest BCUT2D eigenvalue weighted by atomic mass is 10.2. The van der Waals surface area contributed by atoms with Crippen LogP contribution in [-0.2, 0) is 16.9 Å². The first-order valence-corrected chi connectivity index (χ1v) is 6.46. The number of hydrogen-bond donors (Lipinski definition) is 0. The van der Waals surface area contributed by atoms with Gasteiger partial charge >= 0.3 is 0 Å². The summed E-state index contributed by atoms with van der Waals surface area (Å²) in [6.07, 6.45) is 1.03. The molecular formula is C10H10N2O3S. The van der Waals surface area contributed by atoms with Gasteiger partial charge in [-0.05, 0) is 12.1 Å². The van der Waals surface area contributed by atoms with Crippen LogP contribution in [0.15, 0.2) is 34.2 Å². The Kier molecular flexibility index (Phi) is 2.31. The van der Waals surface area contributed by atoms with E-state index in [1.807, 2.05) is 0 Å².